The summed E-state index contributed by atoms with van der Waals surface area (Å²) < 4.78 is 10.9. The molecule has 1 aromatic heterocycles. The second-order valence-corrected chi connectivity index (χ2v) is 7.52. The Morgan fingerprint density at radius 2 is 2.11 bits per heavy atom. The second kappa shape index (κ2) is 10.1. The Balaban J connectivity index is 1.60. The lowest BCUT2D eigenvalue weighted by atomic mass is 10.2. The lowest BCUT2D eigenvalue weighted by molar-refractivity contribution is 0.0367. The molecule has 7 heteroatoms. The van der Waals surface area contributed by atoms with Crippen LogP contribution in [0.3, 0.4) is 0 Å². The summed E-state index contributed by atoms with van der Waals surface area (Å²) in [5, 5.41) is 4.61. The summed E-state index contributed by atoms with van der Waals surface area (Å²) >= 11 is 12.0. The lowest BCUT2D eigenvalue weighted by Gasteiger charge is -2.29. The zero-order chi connectivity index (χ0) is 19.1. The molecule has 0 unspecified atom stereocenters. The van der Waals surface area contributed by atoms with E-state index >= 15 is 0 Å². The van der Waals surface area contributed by atoms with Crippen LogP contribution in [0.1, 0.15) is 17.7 Å². The second-order valence-electron chi connectivity index (χ2n) is 6.72. The van der Waals surface area contributed by atoms with Gasteiger partial charge in [0.15, 0.2) is 5.11 Å². The molecule has 2 heterocycles. The summed E-state index contributed by atoms with van der Waals surface area (Å²) in [6.07, 6.45) is 2.71. The van der Waals surface area contributed by atoms with Crippen molar-refractivity contribution in [1.82, 2.24) is 9.80 Å². The summed E-state index contributed by atoms with van der Waals surface area (Å²) in [5.41, 5.74) is 1.94. The van der Waals surface area contributed by atoms with Gasteiger partial charge in [0.25, 0.3) is 0 Å². The molecule has 0 spiro atoms. The molecule has 1 aliphatic heterocycles. The number of halogens is 1. The van der Waals surface area contributed by atoms with Crippen LogP contribution in [0.4, 0.5) is 5.69 Å². The third-order valence-corrected chi connectivity index (χ3v) is 5.26. The van der Waals surface area contributed by atoms with Crippen molar-refractivity contribution in [3.63, 3.8) is 0 Å². The van der Waals surface area contributed by atoms with Crippen LogP contribution >= 0.6 is 23.8 Å². The number of morpholine rings is 1. The summed E-state index contributed by atoms with van der Waals surface area (Å²) in [5.74, 6) is 0.889. The fourth-order valence-electron chi connectivity index (χ4n) is 3.07. The molecular weight excluding hydrogens is 382 g/mol. The van der Waals surface area contributed by atoms with E-state index in [1.165, 1.54) is 0 Å². The maximum absolute atomic E-state index is 6.35. The number of thiocarbonyl (C=S) groups is 1. The number of nitrogens with zero attached hydrogens (tertiary/aromatic N) is 2. The van der Waals surface area contributed by atoms with Gasteiger partial charge in [0, 0.05) is 26.2 Å². The molecular formula is C20H26ClN3O2S. The first kappa shape index (κ1) is 20.1. The van der Waals surface area contributed by atoms with E-state index in [9.17, 15) is 0 Å². The number of ether oxygens (including phenoxy) is 1. The highest BCUT2D eigenvalue weighted by atomic mass is 35.5. The molecule has 1 aliphatic rings. The van der Waals surface area contributed by atoms with Crippen molar-refractivity contribution < 1.29 is 9.15 Å². The number of hydrogen-bond acceptors (Lipinski definition) is 4. The van der Waals surface area contributed by atoms with Crippen molar-refractivity contribution in [2.24, 2.45) is 0 Å². The van der Waals surface area contributed by atoms with Crippen molar-refractivity contribution in [2.75, 3.05) is 44.7 Å². The highest BCUT2D eigenvalue weighted by molar-refractivity contribution is 7.80. The van der Waals surface area contributed by atoms with Gasteiger partial charge in [-0.1, -0.05) is 17.7 Å². The van der Waals surface area contributed by atoms with Gasteiger partial charge in [-0.2, -0.15) is 0 Å². The number of benzene rings is 1. The van der Waals surface area contributed by atoms with Gasteiger partial charge >= 0.3 is 0 Å². The molecule has 0 aliphatic carbocycles. The first-order valence-electron chi connectivity index (χ1n) is 9.26. The van der Waals surface area contributed by atoms with E-state index in [1.807, 2.05) is 37.3 Å². The van der Waals surface area contributed by atoms with E-state index in [0.717, 1.165) is 62.8 Å². The molecule has 146 valence electrons. The molecule has 2 aromatic rings. The van der Waals surface area contributed by atoms with Crippen LogP contribution in [-0.4, -0.2) is 54.3 Å². The van der Waals surface area contributed by atoms with Crippen molar-refractivity contribution in [3.05, 3.63) is 52.9 Å². The molecule has 0 saturated carbocycles. The largest absolute Gasteiger partial charge is 0.467 e. The number of furan rings is 1. The minimum absolute atomic E-state index is 0.630. The molecule has 0 amide bonds. The topological polar surface area (TPSA) is 40.9 Å². The normalized spacial score (nSPS) is 14.9. The first-order valence-corrected chi connectivity index (χ1v) is 10.0. The highest BCUT2D eigenvalue weighted by Gasteiger charge is 2.15. The van der Waals surface area contributed by atoms with E-state index < -0.39 is 0 Å². The summed E-state index contributed by atoms with van der Waals surface area (Å²) in [4.78, 5) is 4.56. The van der Waals surface area contributed by atoms with Crippen LogP contribution < -0.4 is 5.32 Å². The summed E-state index contributed by atoms with van der Waals surface area (Å²) in [6.45, 7) is 8.16. The molecule has 1 aromatic carbocycles. The third-order valence-electron chi connectivity index (χ3n) is 4.59. The standard InChI is InChI=1S/C20H26ClN3O2S/c1-16-5-6-19(18(21)14-16)22-20(27)24(15-17-4-2-11-26-17)8-3-7-23-9-12-25-13-10-23/h2,4-6,11,14H,3,7-10,12-13,15H2,1H3,(H,22,27). The van der Waals surface area contributed by atoms with Crippen LogP contribution in [0.15, 0.2) is 41.0 Å². The fraction of sp³-hybridized carbons (Fsp3) is 0.450. The van der Waals surface area contributed by atoms with Crippen molar-refractivity contribution in [1.29, 1.82) is 0 Å². The van der Waals surface area contributed by atoms with E-state index in [-0.39, 0.29) is 0 Å². The Hall–Kier alpha value is -1.60. The van der Waals surface area contributed by atoms with Gasteiger partial charge in [0.05, 0.1) is 36.7 Å². The number of anilines is 1. The predicted octanol–water partition coefficient (Wildman–Crippen LogP) is 4.16. The minimum Gasteiger partial charge on any atom is -0.467 e. The zero-order valence-corrected chi connectivity index (χ0v) is 17.2. The van der Waals surface area contributed by atoms with E-state index in [2.05, 4.69) is 15.1 Å². The lowest BCUT2D eigenvalue weighted by Crippen LogP contribution is -2.40. The Morgan fingerprint density at radius 1 is 1.30 bits per heavy atom. The van der Waals surface area contributed by atoms with Crippen LogP contribution in [0.5, 0.6) is 0 Å². The predicted molar refractivity (Wildman–Crippen MR) is 113 cm³/mol. The first-order chi connectivity index (χ1) is 13.1. The number of hydrogen-bond donors (Lipinski definition) is 1. The molecule has 0 radical (unpaired) electrons. The van der Waals surface area contributed by atoms with E-state index in [0.29, 0.717) is 16.7 Å². The van der Waals surface area contributed by atoms with E-state index in [1.54, 1.807) is 6.26 Å². The third kappa shape index (κ3) is 6.21. The van der Waals surface area contributed by atoms with Gasteiger partial charge in [-0.15, -0.1) is 0 Å². The van der Waals surface area contributed by atoms with Crippen LogP contribution in [0.2, 0.25) is 5.02 Å². The minimum atomic E-state index is 0.630. The average molecular weight is 408 g/mol. The van der Waals surface area contributed by atoms with Gasteiger partial charge in [0.1, 0.15) is 5.76 Å². The summed E-state index contributed by atoms with van der Waals surface area (Å²) in [6, 6.07) is 9.78. The Morgan fingerprint density at radius 3 is 2.81 bits per heavy atom. The molecule has 5 nitrogen and oxygen atoms in total. The number of nitrogens with one attached hydrogen (secondary N) is 1. The monoisotopic (exact) mass is 407 g/mol. The average Bonchev–Trinajstić information content (AvgIpc) is 3.17. The van der Waals surface area contributed by atoms with Crippen LogP contribution in [0, 0.1) is 6.92 Å². The zero-order valence-electron chi connectivity index (χ0n) is 15.6. The molecule has 1 N–H and O–H groups in total. The Kier molecular flexibility index (Phi) is 7.52. The molecule has 27 heavy (non-hydrogen) atoms. The number of rotatable bonds is 7. The summed E-state index contributed by atoms with van der Waals surface area (Å²) in [7, 11) is 0. The fourth-order valence-corrected chi connectivity index (χ4v) is 3.62. The number of aryl methyl sites for hydroxylation is 1. The molecule has 1 fully saturated rings. The smallest absolute Gasteiger partial charge is 0.173 e. The maximum Gasteiger partial charge on any atom is 0.173 e. The molecule has 3 rings (SSSR count). The molecule has 0 bridgehead atoms. The van der Waals surface area contributed by atoms with Crippen molar-refractivity contribution in [2.45, 2.75) is 19.9 Å². The Labute approximate surface area is 171 Å². The van der Waals surface area contributed by atoms with Crippen molar-refractivity contribution in [3.8, 4) is 0 Å². The molecule has 0 atom stereocenters. The van der Waals surface area contributed by atoms with Gasteiger partial charge in [-0.3, -0.25) is 4.90 Å². The van der Waals surface area contributed by atoms with Gasteiger partial charge in [-0.25, -0.2) is 0 Å². The highest BCUT2D eigenvalue weighted by Crippen LogP contribution is 2.23. The SMILES string of the molecule is Cc1ccc(NC(=S)N(CCCN2CCOCC2)Cc2ccco2)c(Cl)c1. The van der Waals surface area contributed by atoms with Gasteiger partial charge < -0.3 is 19.4 Å². The maximum atomic E-state index is 6.35. The van der Waals surface area contributed by atoms with Gasteiger partial charge in [0.2, 0.25) is 0 Å². The van der Waals surface area contributed by atoms with E-state index in [4.69, 9.17) is 33.0 Å². The quantitative estimate of drug-likeness (QED) is 0.695. The Bertz CT molecular complexity index is 733. The van der Waals surface area contributed by atoms with Crippen LogP contribution in [-0.2, 0) is 11.3 Å². The van der Waals surface area contributed by atoms with Crippen LogP contribution in [0.25, 0.3) is 0 Å². The van der Waals surface area contributed by atoms with Crippen molar-refractivity contribution >= 4 is 34.6 Å². The van der Waals surface area contributed by atoms with Gasteiger partial charge in [-0.05, 0) is 55.4 Å². The molecule has 1 saturated heterocycles.